The first-order valence-electron chi connectivity index (χ1n) is 3.56. The summed E-state index contributed by atoms with van der Waals surface area (Å²) in [5.74, 6) is -0.748. The van der Waals surface area contributed by atoms with Crippen LogP contribution < -0.4 is 26.7 Å². The molecule has 0 saturated heterocycles. The maximum absolute atomic E-state index is 10.4. The van der Waals surface area contributed by atoms with E-state index in [2.05, 4.69) is 19.4 Å². The number of carbonyl (C=O) groups excluding carboxylic acids is 2. The molecule has 0 aliphatic carbocycles. The minimum absolute atomic E-state index is 0.244. The molecule has 9 nitrogen and oxygen atoms in total. The predicted octanol–water partition coefficient (Wildman–Crippen LogP) is -1.03. The smallest absolute Gasteiger partial charge is 0.391 e. The molecule has 2 amide bonds. The van der Waals surface area contributed by atoms with Crippen LogP contribution in [0.25, 0.3) is 0 Å². The van der Waals surface area contributed by atoms with Crippen molar-refractivity contribution in [2.75, 3.05) is 5.73 Å². The summed E-state index contributed by atoms with van der Waals surface area (Å²) in [5, 5.41) is 0. The molecular formula is C6H7N5O4. The molecule has 80 valence electrons. The summed E-state index contributed by atoms with van der Waals surface area (Å²) in [5.41, 5.74) is 14.7. The van der Waals surface area contributed by atoms with E-state index in [9.17, 15) is 9.59 Å². The number of hydrogen-bond donors (Lipinski definition) is 3. The topological polar surface area (TPSA) is 156 Å². The fourth-order valence-corrected chi connectivity index (χ4v) is 0.732. The second-order valence-corrected chi connectivity index (χ2v) is 2.24. The van der Waals surface area contributed by atoms with Gasteiger partial charge < -0.3 is 26.7 Å². The van der Waals surface area contributed by atoms with E-state index in [1.807, 2.05) is 0 Å². The van der Waals surface area contributed by atoms with Crippen LogP contribution in [0.5, 0.6) is 11.8 Å². The van der Waals surface area contributed by atoms with Crippen molar-refractivity contribution in [3.05, 3.63) is 6.07 Å². The van der Waals surface area contributed by atoms with Gasteiger partial charge in [0.1, 0.15) is 0 Å². The van der Waals surface area contributed by atoms with Crippen LogP contribution in [0, 0.1) is 0 Å². The largest absolute Gasteiger partial charge is 0.411 e. The minimum atomic E-state index is -1.09. The Morgan fingerprint density at radius 2 is 1.47 bits per heavy atom. The van der Waals surface area contributed by atoms with Gasteiger partial charge in [-0.3, -0.25) is 0 Å². The molecular weight excluding hydrogens is 206 g/mol. The van der Waals surface area contributed by atoms with Gasteiger partial charge in [-0.25, -0.2) is 9.59 Å². The summed E-state index contributed by atoms with van der Waals surface area (Å²) in [7, 11) is 0. The first-order chi connectivity index (χ1) is 6.97. The number of primary amides is 2. The summed E-state index contributed by atoms with van der Waals surface area (Å²) in [4.78, 5) is 27.7. The highest BCUT2D eigenvalue weighted by Crippen LogP contribution is 2.16. The SMILES string of the molecule is NC(=O)Oc1cc(OC(N)=O)nc(N)n1. The second kappa shape index (κ2) is 4.09. The number of hydrogen-bond acceptors (Lipinski definition) is 7. The van der Waals surface area contributed by atoms with Crippen LogP contribution in [-0.4, -0.2) is 22.2 Å². The maximum atomic E-state index is 10.4. The Morgan fingerprint density at radius 3 is 1.80 bits per heavy atom. The van der Waals surface area contributed by atoms with Crippen LogP contribution in [0.3, 0.4) is 0 Å². The normalized spacial score (nSPS) is 9.33. The van der Waals surface area contributed by atoms with E-state index in [0.717, 1.165) is 6.07 Å². The van der Waals surface area contributed by atoms with Crippen LogP contribution in [0.15, 0.2) is 6.07 Å². The van der Waals surface area contributed by atoms with Crippen LogP contribution in [0.2, 0.25) is 0 Å². The molecule has 6 N–H and O–H groups in total. The molecule has 1 rings (SSSR count). The Balaban J connectivity index is 2.94. The third-order valence-electron chi connectivity index (χ3n) is 1.11. The van der Waals surface area contributed by atoms with E-state index in [-0.39, 0.29) is 17.7 Å². The molecule has 0 aromatic carbocycles. The summed E-state index contributed by atoms with van der Waals surface area (Å²) in [6.45, 7) is 0. The number of anilines is 1. The maximum Gasteiger partial charge on any atom is 0.411 e. The second-order valence-electron chi connectivity index (χ2n) is 2.24. The van der Waals surface area contributed by atoms with Gasteiger partial charge in [-0.1, -0.05) is 0 Å². The van der Waals surface area contributed by atoms with Gasteiger partial charge in [-0.15, -0.1) is 0 Å². The summed E-state index contributed by atoms with van der Waals surface area (Å²) >= 11 is 0. The fraction of sp³-hybridized carbons (Fsp3) is 0. The Hall–Kier alpha value is -2.58. The lowest BCUT2D eigenvalue weighted by atomic mass is 10.6. The molecule has 1 heterocycles. The lowest BCUT2D eigenvalue weighted by Gasteiger charge is -2.03. The summed E-state index contributed by atoms with van der Waals surface area (Å²) < 4.78 is 8.79. The van der Waals surface area contributed by atoms with E-state index in [4.69, 9.17) is 17.2 Å². The van der Waals surface area contributed by atoms with E-state index >= 15 is 0 Å². The number of carbonyl (C=O) groups is 2. The molecule has 0 spiro atoms. The van der Waals surface area contributed by atoms with E-state index in [0.29, 0.717) is 0 Å². The quantitative estimate of drug-likeness (QED) is 0.566. The first-order valence-corrected chi connectivity index (χ1v) is 3.56. The molecule has 0 aliphatic heterocycles. The average molecular weight is 213 g/mol. The molecule has 0 atom stereocenters. The Bertz CT molecular complexity index is 372. The van der Waals surface area contributed by atoms with Crippen molar-refractivity contribution in [1.29, 1.82) is 0 Å². The van der Waals surface area contributed by atoms with Crippen molar-refractivity contribution in [1.82, 2.24) is 9.97 Å². The van der Waals surface area contributed by atoms with E-state index < -0.39 is 12.2 Å². The number of nitrogen functional groups attached to an aromatic ring is 1. The molecule has 0 unspecified atom stereocenters. The number of rotatable bonds is 2. The molecule has 0 saturated carbocycles. The summed E-state index contributed by atoms with van der Waals surface area (Å²) in [6, 6.07) is 1.03. The minimum Gasteiger partial charge on any atom is -0.391 e. The van der Waals surface area contributed by atoms with Crippen molar-refractivity contribution >= 4 is 18.1 Å². The molecule has 9 heteroatoms. The fourth-order valence-electron chi connectivity index (χ4n) is 0.732. The zero-order chi connectivity index (χ0) is 11.4. The highest BCUT2D eigenvalue weighted by molar-refractivity contribution is 5.69. The van der Waals surface area contributed by atoms with Gasteiger partial charge in [-0.2, -0.15) is 9.97 Å². The molecule has 0 aliphatic rings. The number of nitrogens with zero attached hydrogens (tertiary/aromatic N) is 2. The van der Waals surface area contributed by atoms with Crippen LogP contribution in [0.1, 0.15) is 0 Å². The first kappa shape index (κ1) is 10.5. The Labute approximate surface area is 83.2 Å². The molecule has 15 heavy (non-hydrogen) atoms. The Kier molecular flexibility index (Phi) is 2.86. The van der Waals surface area contributed by atoms with Crippen molar-refractivity contribution in [3.8, 4) is 11.8 Å². The number of nitrogens with two attached hydrogens (primary N) is 3. The van der Waals surface area contributed by atoms with Crippen molar-refractivity contribution in [2.24, 2.45) is 11.5 Å². The molecule has 1 aromatic rings. The lowest BCUT2D eigenvalue weighted by molar-refractivity contribution is 0.207. The van der Waals surface area contributed by atoms with Crippen molar-refractivity contribution in [3.63, 3.8) is 0 Å². The zero-order valence-corrected chi connectivity index (χ0v) is 7.34. The van der Waals surface area contributed by atoms with Gasteiger partial charge in [-0.05, 0) is 0 Å². The average Bonchev–Trinajstić information content (AvgIpc) is 1.98. The van der Waals surface area contributed by atoms with Gasteiger partial charge in [0, 0.05) is 0 Å². The predicted molar refractivity (Wildman–Crippen MR) is 46.9 cm³/mol. The molecule has 1 aromatic heterocycles. The van der Waals surface area contributed by atoms with Gasteiger partial charge in [0.05, 0.1) is 6.07 Å². The third-order valence-corrected chi connectivity index (χ3v) is 1.11. The Morgan fingerprint density at radius 1 is 1.07 bits per heavy atom. The number of amides is 2. The molecule has 0 radical (unpaired) electrons. The lowest BCUT2D eigenvalue weighted by Crippen LogP contribution is -2.19. The van der Waals surface area contributed by atoms with Gasteiger partial charge in [0.2, 0.25) is 17.7 Å². The zero-order valence-electron chi connectivity index (χ0n) is 7.34. The molecule has 0 bridgehead atoms. The monoisotopic (exact) mass is 213 g/mol. The van der Waals surface area contributed by atoms with Crippen molar-refractivity contribution in [2.45, 2.75) is 0 Å². The number of ether oxygens (including phenoxy) is 2. The van der Waals surface area contributed by atoms with Crippen molar-refractivity contribution < 1.29 is 19.1 Å². The third kappa shape index (κ3) is 3.34. The van der Waals surface area contributed by atoms with Crippen LogP contribution >= 0.6 is 0 Å². The highest BCUT2D eigenvalue weighted by Gasteiger charge is 2.08. The van der Waals surface area contributed by atoms with E-state index in [1.165, 1.54) is 0 Å². The van der Waals surface area contributed by atoms with Gasteiger partial charge >= 0.3 is 12.2 Å². The molecule has 0 fully saturated rings. The van der Waals surface area contributed by atoms with Crippen LogP contribution in [-0.2, 0) is 0 Å². The highest BCUT2D eigenvalue weighted by atomic mass is 16.6. The van der Waals surface area contributed by atoms with Crippen LogP contribution in [0.4, 0.5) is 15.5 Å². The van der Waals surface area contributed by atoms with Gasteiger partial charge in [0.15, 0.2) is 0 Å². The number of aromatic nitrogens is 2. The standard InChI is InChI=1S/C6H7N5O4/c7-4-10-2(14-5(8)12)1-3(11-4)15-6(9)13/h1H,(H2,8,12)(H2,9,13)(H2,7,10,11). The van der Waals surface area contributed by atoms with Gasteiger partial charge in [0.25, 0.3) is 0 Å². The summed E-state index contributed by atoms with van der Waals surface area (Å²) in [6.07, 6.45) is -2.17. The van der Waals surface area contributed by atoms with E-state index in [1.54, 1.807) is 0 Å².